The summed E-state index contributed by atoms with van der Waals surface area (Å²) >= 11 is 8.85. The van der Waals surface area contributed by atoms with Crippen LogP contribution in [0.3, 0.4) is 0 Å². The van der Waals surface area contributed by atoms with Crippen molar-refractivity contribution in [1.82, 2.24) is 4.98 Å². The van der Waals surface area contributed by atoms with Crippen LogP contribution in [0.4, 0.5) is 5.69 Å². The lowest BCUT2D eigenvalue weighted by Gasteiger charge is -2.02. The summed E-state index contributed by atoms with van der Waals surface area (Å²) in [5.74, 6) is -0.281. The van der Waals surface area contributed by atoms with Crippen LogP contribution < -0.4 is 5.32 Å². The molecule has 1 N–H and O–H groups in total. The highest BCUT2D eigenvalue weighted by molar-refractivity contribution is 9.10. The number of pyridine rings is 1. The summed E-state index contributed by atoms with van der Waals surface area (Å²) < 4.78 is 0.635. The van der Waals surface area contributed by atoms with E-state index in [2.05, 4.69) is 32.8 Å². The molecule has 0 saturated carbocycles. The van der Waals surface area contributed by atoms with Gasteiger partial charge >= 0.3 is 0 Å². The Morgan fingerprint density at radius 2 is 2.46 bits per heavy atom. The fourth-order valence-corrected chi connectivity index (χ4v) is 1.14. The number of nitrogens with zero attached hydrogens (tertiary/aromatic N) is 1. The van der Waals surface area contributed by atoms with Gasteiger partial charge in [0, 0.05) is 0 Å². The molecular weight excluding hydrogens is 255 g/mol. The van der Waals surface area contributed by atoms with Gasteiger partial charge in [-0.15, -0.1) is 0 Å². The molecule has 5 heteroatoms. The summed E-state index contributed by atoms with van der Waals surface area (Å²) in [4.78, 5) is 14.7. The SMILES string of the molecule is C=CC(=O)Nc1cnc(Cl)c(Br)c1. The number of nitrogens with one attached hydrogen (secondary N) is 1. The summed E-state index contributed by atoms with van der Waals surface area (Å²) in [6, 6.07) is 1.66. The largest absolute Gasteiger partial charge is 0.321 e. The van der Waals surface area contributed by atoms with E-state index in [0.29, 0.717) is 15.3 Å². The lowest BCUT2D eigenvalue weighted by Crippen LogP contribution is -2.07. The molecule has 1 heterocycles. The first-order valence-corrected chi connectivity index (χ1v) is 4.55. The second kappa shape index (κ2) is 4.39. The number of aromatic nitrogens is 1. The van der Waals surface area contributed by atoms with E-state index < -0.39 is 0 Å². The normalized spacial score (nSPS) is 9.38. The summed E-state index contributed by atoms with van der Waals surface area (Å²) in [5.41, 5.74) is 0.571. The average Bonchev–Trinajstić information content (AvgIpc) is 2.11. The molecule has 3 nitrogen and oxygen atoms in total. The second-order valence-corrected chi connectivity index (χ2v) is 3.40. The van der Waals surface area contributed by atoms with Gasteiger partial charge in [-0.2, -0.15) is 0 Å². The minimum absolute atomic E-state index is 0.281. The van der Waals surface area contributed by atoms with Crippen LogP contribution in [0.25, 0.3) is 0 Å². The number of hydrogen-bond acceptors (Lipinski definition) is 2. The van der Waals surface area contributed by atoms with Crippen molar-refractivity contribution >= 4 is 39.1 Å². The van der Waals surface area contributed by atoms with Gasteiger partial charge in [-0.3, -0.25) is 4.79 Å². The summed E-state index contributed by atoms with van der Waals surface area (Å²) in [7, 11) is 0. The fourth-order valence-electron chi connectivity index (χ4n) is 0.683. The zero-order valence-electron chi connectivity index (χ0n) is 6.55. The van der Waals surface area contributed by atoms with Crippen LogP contribution in [0.2, 0.25) is 5.15 Å². The van der Waals surface area contributed by atoms with E-state index in [1.54, 1.807) is 6.07 Å². The molecule has 0 radical (unpaired) electrons. The summed E-state index contributed by atoms with van der Waals surface area (Å²) in [6.07, 6.45) is 2.65. The summed E-state index contributed by atoms with van der Waals surface area (Å²) in [5, 5.41) is 2.91. The molecule has 0 saturated heterocycles. The Morgan fingerprint density at radius 1 is 1.77 bits per heavy atom. The van der Waals surface area contributed by atoms with Gasteiger partial charge in [-0.1, -0.05) is 18.2 Å². The Balaban J connectivity index is 2.85. The van der Waals surface area contributed by atoms with Crippen molar-refractivity contribution in [3.8, 4) is 0 Å². The molecule has 1 aromatic rings. The molecule has 0 unspecified atom stereocenters. The van der Waals surface area contributed by atoms with Gasteiger partial charge in [-0.25, -0.2) is 4.98 Å². The minimum atomic E-state index is -0.281. The maximum atomic E-state index is 10.9. The third-order valence-electron chi connectivity index (χ3n) is 1.25. The third-order valence-corrected chi connectivity index (χ3v) is 2.38. The van der Waals surface area contributed by atoms with Crippen molar-refractivity contribution in [3.63, 3.8) is 0 Å². The Labute approximate surface area is 88.9 Å². The van der Waals surface area contributed by atoms with Crippen LogP contribution in [0.15, 0.2) is 29.4 Å². The monoisotopic (exact) mass is 260 g/mol. The first kappa shape index (κ1) is 10.2. The van der Waals surface area contributed by atoms with Gasteiger partial charge in [0.15, 0.2) is 0 Å². The molecule has 0 fully saturated rings. The molecule has 1 amide bonds. The number of hydrogen-bond donors (Lipinski definition) is 1. The van der Waals surface area contributed by atoms with Gasteiger partial charge in [0.25, 0.3) is 0 Å². The highest BCUT2D eigenvalue weighted by Gasteiger charge is 2.01. The molecule has 0 aromatic carbocycles. The van der Waals surface area contributed by atoms with E-state index in [1.807, 2.05) is 0 Å². The van der Waals surface area contributed by atoms with E-state index in [1.165, 1.54) is 12.3 Å². The maximum absolute atomic E-state index is 10.9. The Hall–Kier alpha value is -0.870. The van der Waals surface area contributed by atoms with Crippen LogP contribution in [-0.2, 0) is 4.79 Å². The quantitative estimate of drug-likeness (QED) is 0.657. The first-order chi connectivity index (χ1) is 6.13. The number of carbonyl (C=O) groups is 1. The fraction of sp³-hybridized carbons (Fsp3) is 0. The van der Waals surface area contributed by atoms with Gasteiger partial charge in [0.1, 0.15) is 5.15 Å². The number of halogens is 2. The molecule has 0 spiro atoms. The number of amides is 1. The van der Waals surface area contributed by atoms with Gasteiger partial charge in [-0.05, 0) is 28.1 Å². The highest BCUT2D eigenvalue weighted by atomic mass is 79.9. The van der Waals surface area contributed by atoms with Gasteiger partial charge in [0.05, 0.1) is 16.4 Å². The zero-order valence-corrected chi connectivity index (χ0v) is 8.89. The first-order valence-electron chi connectivity index (χ1n) is 3.38. The van der Waals surface area contributed by atoms with E-state index in [-0.39, 0.29) is 5.91 Å². The Morgan fingerprint density at radius 3 is 3.00 bits per heavy atom. The van der Waals surface area contributed by atoms with Crippen LogP contribution >= 0.6 is 27.5 Å². The van der Waals surface area contributed by atoms with E-state index >= 15 is 0 Å². The van der Waals surface area contributed by atoms with E-state index in [9.17, 15) is 4.79 Å². The molecule has 13 heavy (non-hydrogen) atoms. The van der Waals surface area contributed by atoms with Crippen molar-refractivity contribution in [1.29, 1.82) is 0 Å². The second-order valence-electron chi connectivity index (χ2n) is 2.19. The lowest BCUT2D eigenvalue weighted by molar-refractivity contribution is -0.111. The van der Waals surface area contributed by atoms with E-state index in [4.69, 9.17) is 11.6 Å². The minimum Gasteiger partial charge on any atom is -0.321 e. The molecule has 0 atom stereocenters. The topological polar surface area (TPSA) is 42.0 Å². The molecule has 0 bridgehead atoms. The van der Waals surface area contributed by atoms with Crippen molar-refractivity contribution in [2.75, 3.05) is 5.32 Å². The lowest BCUT2D eigenvalue weighted by atomic mass is 10.4. The van der Waals surface area contributed by atoms with Crippen LogP contribution in [0.1, 0.15) is 0 Å². The summed E-state index contributed by atoms with van der Waals surface area (Å²) in [6.45, 7) is 3.33. The molecule has 0 aliphatic rings. The van der Waals surface area contributed by atoms with Crippen molar-refractivity contribution < 1.29 is 4.79 Å². The zero-order chi connectivity index (χ0) is 9.84. The van der Waals surface area contributed by atoms with Crippen LogP contribution in [0.5, 0.6) is 0 Å². The Bertz CT molecular complexity index is 354. The number of rotatable bonds is 2. The third kappa shape index (κ3) is 2.82. The van der Waals surface area contributed by atoms with E-state index in [0.717, 1.165) is 0 Å². The molecular formula is C8H6BrClN2O. The van der Waals surface area contributed by atoms with Gasteiger partial charge < -0.3 is 5.32 Å². The average molecular weight is 262 g/mol. The molecule has 1 aromatic heterocycles. The maximum Gasteiger partial charge on any atom is 0.247 e. The molecule has 68 valence electrons. The predicted octanol–water partition coefficient (Wildman–Crippen LogP) is 2.62. The van der Waals surface area contributed by atoms with Crippen molar-refractivity contribution in [2.24, 2.45) is 0 Å². The predicted molar refractivity (Wildman–Crippen MR) is 55.8 cm³/mol. The number of anilines is 1. The van der Waals surface area contributed by atoms with Crippen LogP contribution in [-0.4, -0.2) is 10.9 Å². The molecule has 1 rings (SSSR count). The molecule has 0 aliphatic heterocycles. The number of carbonyl (C=O) groups excluding carboxylic acids is 1. The highest BCUT2D eigenvalue weighted by Crippen LogP contribution is 2.22. The van der Waals surface area contributed by atoms with Crippen LogP contribution in [0, 0.1) is 0 Å². The Kier molecular flexibility index (Phi) is 3.45. The van der Waals surface area contributed by atoms with Crippen molar-refractivity contribution in [2.45, 2.75) is 0 Å². The standard InChI is InChI=1S/C8H6BrClN2O/c1-2-7(13)12-5-3-6(9)8(10)11-4-5/h2-4H,1H2,(H,12,13). The smallest absolute Gasteiger partial charge is 0.247 e. The van der Waals surface area contributed by atoms with Gasteiger partial charge in [0.2, 0.25) is 5.91 Å². The van der Waals surface area contributed by atoms with Crippen molar-refractivity contribution in [3.05, 3.63) is 34.5 Å². The molecule has 0 aliphatic carbocycles.